The Morgan fingerprint density at radius 2 is 2.30 bits per heavy atom. The largest absolute Gasteiger partial charge is 0.425 e. The summed E-state index contributed by atoms with van der Waals surface area (Å²) in [4.78, 5) is 0.181. The second-order valence-corrected chi connectivity index (χ2v) is 6.24. The number of piperidine rings is 1. The molecule has 2 nitrogen and oxygen atoms in total. The van der Waals surface area contributed by atoms with E-state index in [2.05, 4.69) is 11.2 Å². The van der Waals surface area contributed by atoms with E-state index < -0.39 is 16.7 Å². The zero-order valence-electron chi connectivity index (χ0n) is 10.7. The molecule has 0 amide bonds. The summed E-state index contributed by atoms with van der Waals surface area (Å²) in [6.45, 7) is 1.12. The number of alkyl halides is 3. The van der Waals surface area contributed by atoms with Crippen LogP contribution in [0.5, 0.6) is 0 Å². The predicted molar refractivity (Wildman–Crippen MR) is 70.5 cm³/mol. The number of hydrogen-bond acceptors (Lipinski definition) is 3. The number of hydrogen-bond donors (Lipinski definition) is 1. The lowest BCUT2D eigenvalue weighted by atomic mass is 9.83. The van der Waals surface area contributed by atoms with Gasteiger partial charge in [0.05, 0.1) is 12.6 Å². The van der Waals surface area contributed by atoms with Crippen molar-refractivity contribution in [3.63, 3.8) is 0 Å². The molecule has 1 spiro atoms. The fraction of sp³-hybridized carbons (Fsp3) is 0.571. The molecule has 3 rings (SSSR count). The van der Waals surface area contributed by atoms with Gasteiger partial charge in [0.25, 0.3) is 0 Å². The maximum Gasteiger partial charge on any atom is 0.425 e. The van der Waals surface area contributed by atoms with Crippen LogP contribution in [0, 0.1) is 12.3 Å². The molecular formula is C14H14F3NOS. The lowest BCUT2D eigenvalue weighted by Crippen LogP contribution is -2.48. The predicted octanol–water partition coefficient (Wildman–Crippen LogP) is 2.92. The van der Waals surface area contributed by atoms with Gasteiger partial charge in [-0.1, -0.05) is 5.92 Å². The van der Waals surface area contributed by atoms with Gasteiger partial charge in [0.15, 0.2) is 0 Å². The highest BCUT2D eigenvalue weighted by Gasteiger charge is 2.45. The van der Waals surface area contributed by atoms with E-state index in [9.17, 15) is 13.2 Å². The molecule has 1 N–H and O–H groups in total. The van der Waals surface area contributed by atoms with Gasteiger partial charge in [0.1, 0.15) is 10.5 Å². The van der Waals surface area contributed by atoms with Crippen molar-refractivity contribution in [3.8, 4) is 12.3 Å². The molecule has 0 saturated carbocycles. The highest BCUT2D eigenvalue weighted by Crippen LogP contribution is 2.48. The molecule has 1 unspecified atom stereocenters. The molecule has 20 heavy (non-hydrogen) atoms. The molecule has 0 aromatic carbocycles. The average Bonchev–Trinajstić information content (AvgIpc) is 2.85. The molecule has 0 radical (unpaired) electrons. The smallest absolute Gasteiger partial charge is 0.369 e. The Balaban J connectivity index is 2.01. The third kappa shape index (κ3) is 2.24. The van der Waals surface area contributed by atoms with Crippen molar-refractivity contribution in [2.75, 3.05) is 13.2 Å². The van der Waals surface area contributed by atoms with Gasteiger partial charge in [-0.2, -0.15) is 13.2 Å². The van der Waals surface area contributed by atoms with Gasteiger partial charge < -0.3 is 10.1 Å². The molecule has 6 heteroatoms. The summed E-state index contributed by atoms with van der Waals surface area (Å²) >= 11 is 0.814. The van der Waals surface area contributed by atoms with E-state index in [1.54, 1.807) is 0 Å². The Morgan fingerprint density at radius 3 is 3.00 bits per heavy atom. The lowest BCUT2D eigenvalue weighted by Gasteiger charge is -2.42. The highest BCUT2D eigenvalue weighted by molar-refractivity contribution is 7.12. The second kappa shape index (κ2) is 4.76. The standard InChI is InChI=1S/C14H14F3NOS/c1-2-10-8-13(4-5-18-10)12-9(3-6-19-13)7-11(20-12)14(15,16)17/h1,7,10,18H,3-6,8H2/t10-,13?/m1/s1. The van der Waals surface area contributed by atoms with Crippen molar-refractivity contribution in [2.45, 2.75) is 37.1 Å². The third-order valence-electron chi connectivity index (χ3n) is 3.91. The number of thiophene rings is 1. The van der Waals surface area contributed by atoms with E-state index in [4.69, 9.17) is 11.2 Å². The van der Waals surface area contributed by atoms with Gasteiger partial charge in [-0.3, -0.25) is 0 Å². The summed E-state index contributed by atoms with van der Waals surface area (Å²) in [5.74, 6) is 2.63. The Hall–Kier alpha value is -1.03. The summed E-state index contributed by atoms with van der Waals surface area (Å²) in [5, 5.41) is 3.17. The minimum atomic E-state index is -4.29. The normalized spacial score (nSPS) is 30.0. The van der Waals surface area contributed by atoms with Gasteiger partial charge in [-0.25, -0.2) is 0 Å². The van der Waals surface area contributed by atoms with E-state index in [0.717, 1.165) is 21.8 Å². The average molecular weight is 301 g/mol. The first kappa shape index (κ1) is 13.9. The fourth-order valence-electron chi connectivity index (χ4n) is 2.97. The number of nitrogens with one attached hydrogen (secondary N) is 1. The van der Waals surface area contributed by atoms with Crippen molar-refractivity contribution >= 4 is 11.3 Å². The van der Waals surface area contributed by atoms with Crippen LogP contribution in [0.1, 0.15) is 28.2 Å². The second-order valence-electron chi connectivity index (χ2n) is 5.18. The summed E-state index contributed by atoms with van der Waals surface area (Å²) in [5.41, 5.74) is 0.135. The number of terminal acetylenes is 1. The first-order chi connectivity index (χ1) is 9.44. The topological polar surface area (TPSA) is 21.3 Å². The fourth-order valence-corrected chi connectivity index (χ4v) is 4.23. The molecule has 1 saturated heterocycles. The number of ether oxygens (including phenoxy) is 1. The molecule has 1 aromatic heterocycles. The molecule has 3 heterocycles. The first-order valence-corrected chi connectivity index (χ1v) is 7.30. The quantitative estimate of drug-likeness (QED) is 0.744. The van der Waals surface area contributed by atoms with Crippen LogP contribution in [0.15, 0.2) is 6.07 Å². The van der Waals surface area contributed by atoms with Crippen molar-refractivity contribution < 1.29 is 17.9 Å². The molecular weight excluding hydrogens is 287 g/mol. The molecule has 0 aliphatic carbocycles. The molecule has 2 aliphatic heterocycles. The van der Waals surface area contributed by atoms with Crippen LogP contribution < -0.4 is 5.32 Å². The number of rotatable bonds is 0. The minimum absolute atomic E-state index is 0.147. The highest BCUT2D eigenvalue weighted by atomic mass is 32.1. The molecule has 2 atom stereocenters. The first-order valence-electron chi connectivity index (χ1n) is 6.48. The van der Waals surface area contributed by atoms with Crippen LogP contribution in [-0.4, -0.2) is 19.2 Å². The van der Waals surface area contributed by atoms with E-state index in [1.807, 2.05) is 0 Å². The van der Waals surface area contributed by atoms with Crippen LogP contribution in [0.2, 0.25) is 0 Å². The van der Waals surface area contributed by atoms with E-state index in [-0.39, 0.29) is 6.04 Å². The Bertz CT molecular complexity index is 560. The Kier molecular flexibility index (Phi) is 3.32. The molecule has 108 valence electrons. The van der Waals surface area contributed by atoms with Gasteiger partial charge in [-0.05, 0) is 31.0 Å². The summed E-state index contributed by atoms with van der Waals surface area (Å²) in [7, 11) is 0. The Morgan fingerprint density at radius 1 is 1.50 bits per heavy atom. The van der Waals surface area contributed by atoms with Gasteiger partial charge in [-0.15, -0.1) is 17.8 Å². The Labute approximate surface area is 119 Å². The van der Waals surface area contributed by atoms with Gasteiger partial charge >= 0.3 is 6.18 Å². The molecule has 1 fully saturated rings. The lowest BCUT2D eigenvalue weighted by molar-refractivity contribution is -0.134. The maximum atomic E-state index is 12.9. The van der Waals surface area contributed by atoms with E-state index in [1.165, 1.54) is 6.07 Å². The van der Waals surface area contributed by atoms with Crippen molar-refractivity contribution in [3.05, 3.63) is 21.4 Å². The molecule has 2 aliphatic rings. The monoisotopic (exact) mass is 301 g/mol. The van der Waals surface area contributed by atoms with Gasteiger partial charge in [0, 0.05) is 11.3 Å². The van der Waals surface area contributed by atoms with Crippen molar-refractivity contribution in [1.82, 2.24) is 5.32 Å². The third-order valence-corrected chi connectivity index (χ3v) is 5.31. The maximum absolute atomic E-state index is 12.9. The van der Waals surface area contributed by atoms with Gasteiger partial charge in [0.2, 0.25) is 0 Å². The van der Waals surface area contributed by atoms with Crippen LogP contribution in [0.3, 0.4) is 0 Å². The number of halogens is 3. The van der Waals surface area contributed by atoms with Crippen LogP contribution in [0.25, 0.3) is 0 Å². The SMILES string of the molecule is C#C[C@@H]1CC2(CCN1)OCCc1cc(C(F)(F)F)sc12. The van der Waals surface area contributed by atoms with Crippen LogP contribution in [-0.2, 0) is 22.9 Å². The summed E-state index contributed by atoms with van der Waals surface area (Å²) in [6, 6.07) is 1.13. The summed E-state index contributed by atoms with van der Waals surface area (Å²) in [6.07, 6.45) is 2.89. The number of fused-ring (bicyclic) bond motifs is 2. The van der Waals surface area contributed by atoms with Crippen molar-refractivity contribution in [2.24, 2.45) is 0 Å². The zero-order valence-corrected chi connectivity index (χ0v) is 11.5. The minimum Gasteiger partial charge on any atom is -0.369 e. The zero-order chi connectivity index (χ0) is 14.4. The molecule has 0 bridgehead atoms. The van der Waals surface area contributed by atoms with Crippen molar-refractivity contribution in [1.29, 1.82) is 0 Å². The summed E-state index contributed by atoms with van der Waals surface area (Å²) < 4.78 is 44.6. The van der Waals surface area contributed by atoms with Crippen LogP contribution in [0.4, 0.5) is 13.2 Å². The van der Waals surface area contributed by atoms with E-state index in [0.29, 0.717) is 32.4 Å². The molecule has 1 aromatic rings. The van der Waals surface area contributed by atoms with E-state index >= 15 is 0 Å². The van der Waals surface area contributed by atoms with Crippen LogP contribution >= 0.6 is 11.3 Å².